The highest BCUT2D eigenvalue weighted by Crippen LogP contribution is 2.33. The van der Waals surface area contributed by atoms with Crippen molar-refractivity contribution in [1.82, 2.24) is 9.71 Å². The van der Waals surface area contributed by atoms with Crippen LogP contribution in [0.5, 0.6) is 0 Å². The SMILES string of the molecule is Cc1ccc(CNS(=O)(=O)c2ccccc2C(F)(F)F)cn1. The summed E-state index contributed by atoms with van der Waals surface area (Å²) in [7, 11) is -4.28. The summed E-state index contributed by atoms with van der Waals surface area (Å²) in [6.07, 6.45) is -3.27. The predicted molar refractivity (Wildman–Crippen MR) is 74.4 cm³/mol. The van der Waals surface area contributed by atoms with Crippen LogP contribution in [0.4, 0.5) is 13.2 Å². The minimum Gasteiger partial charge on any atom is -0.261 e. The van der Waals surface area contributed by atoms with E-state index in [0.717, 1.165) is 23.9 Å². The first-order chi connectivity index (χ1) is 10.2. The maximum atomic E-state index is 12.9. The molecule has 0 aliphatic heterocycles. The van der Waals surface area contributed by atoms with E-state index in [9.17, 15) is 21.6 Å². The maximum absolute atomic E-state index is 12.9. The molecule has 1 N–H and O–H groups in total. The third kappa shape index (κ3) is 3.83. The van der Waals surface area contributed by atoms with Gasteiger partial charge in [-0.15, -0.1) is 0 Å². The second-order valence-electron chi connectivity index (χ2n) is 4.63. The number of pyridine rings is 1. The van der Waals surface area contributed by atoms with Crippen LogP contribution in [-0.4, -0.2) is 13.4 Å². The van der Waals surface area contributed by atoms with E-state index in [1.165, 1.54) is 12.3 Å². The molecular weight excluding hydrogens is 317 g/mol. The number of nitrogens with one attached hydrogen (secondary N) is 1. The molecule has 0 unspecified atom stereocenters. The van der Waals surface area contributed by atoms with Gasteiger partial charge in [-0.05, 0) is 30.7 Å². The average molecular weight is 330 g/mol. The fourth-order valence-corrected chi connectivity index (χ4v) is 3.04. The van der Waals surface area contributed by atoms with Crippen molar-refractivity contribution >= 4 is 10.0 Å². The molecule has 0 fully saturated rings. The van der Waals surface area contributed by atoms with Gasteiger partial charge in [-0.3, -0.25) is 4.98 Å². The van der Waals surface area contributed by atoms with Gasteiger partial charge < -0.3 is 0 Å². The van der Waals surface area contributed by atoms with Crippen molar-refractivity contribution in [3.8, 4) is 0 Å². The Morgan fingerprint density at radius 1 is 1.14 bits per heavy atom. The molecule has 0 spiro atoms. The molecule has 0 radical (unpaired) electrons. The van der Waals surface area contributed by atoms with E-state index in [1.54, 1.807) is 19.1 Å². The predicted octanol–water partition coefficient (Wildman–Crippen LogP) is 2.89. The number of hydrogen-bond acceptors (Lipinski definition) is 3. The smallest absolute Gasteiger partial charge is 0.261 e. The van der Waals surface area contributed by atoms with E-state index in [-0.39, 0.29) is 6.54 Å². The van der Waals surface area contributed by atoms with Crippen molar-refractivity contribution < 1.29 is 21.6 Å². The van der Waals surface area contributed by atoms with E-state index >= 15 is 0 Å². The van der Waals surface area contributed by atoms with E-state index < -0.39 is 26.7 Å². The highest BCUT2D eigenvalue weighted by atomic mass is 32.2. The van der Waals surface area contributed by atoms with Gasteiger partial charge in [0.25, 0.3) is 0 Å². The van der Waals surface area contributed by atoms with Gasteiger partial charge in [0.1, 0.15) is 0 Å². The molecule has 1 aromatic carbocycles. The molecule has 0 bridgehead atoms. The van der Waals surface area contributed by atoms with E-state index in [4.69, 9.17) is 0 Å². The molecule has 1 heterocycles. The Hall–Kier alpha value is -1.93. The lowest BCUT2D eigenvalue weighted by atomic mass is 10.2. The second kappa shape index (κ2) is 6.05. The Kier molecular flexibility index (Phi) is 4.52. The van der Waals surface area contributed by atoms with Crippen LogP contribution >= 0.6 is 0 Å². The van der Waals surface area contributed by atoms with Crippen LogP contribution in [0.15, 0.2) is 47.5 Å². The van der Waals surface area contributed by atoms with Gasteiger partial charge in [-0.25, -0.2) is 13.1 Å². The van der Waals surface area contributed by atoms with Crippen molar-refractivity contribution in [3.63, 3.8) is 0 Å². The Morgan fingerprint density at radius 3 is 2.41 bits per heavy atom. The summed E-state index contributed by atoms with van der Waals surface area (Å²) in [5.74, 6) is 0. The molecule has 8 heteroatoms. The topological polar surface area (TPSA) is 59.1 Å². The van der Waals surface area contributed by atoms with Crippen LogP contribution < -0.4 is 4.72 Å². The lowest BCUT2D eigenvalue weighted by Gasteiger charge is -2.13. The van der Waals surface area contributed by atoms with Crippen LogP contribution in [0.2, 0.25) is 0 Å². The van der Waals surface area contributed by atoms with Crippen LogP contribution in [-0.2, 0) is 22.7 Å². The van der Waals surface area contributed by atoms with Gasteiger partial charge in [0.2, 0.25) is 10.0 Å². The maximum Gasteiger partial charge on any atom is 0.417 e. The van der Waals surface area contributed by atoms with Crippen molar-refractivity contribution in [3.05, 3.63) is 59.4 Å². The van der Waals surface area contributed by atoms with Crippen LogP contribution in [0.25, 0.3) is 0 Å². The molecule has 0 atom stereocenters. The van der Waals surface area contributed by atoms with Gasteiger partial charge >= 0.3 is 6.18 Å². The zero-order valence-corrected chi connectivity index (χ0v) is 12.4. The summed E-state index contributed by atoms with van der Waals surface area (Å²) < 4.78 is 65.0. The molecule has 2 aromatic rings. The molecule has 0 amide bonds. The van der Waals surface area contributed by atoms with Crippen LogP contribution in [0.3, 0.4) is 0 Å². The molecule has 2 rings (SSSR count). The summed E-state index contributed by atoms with van der Waals surface area (Å²) in [6.45, 7) is 1.63. The molecule has 1 aromatic heterocycles. The van der Waals surface area contributed by atoms with Gasteiger partial charge in [0.05, 0.1) is 10.5 Å². The minimum absolute atomic E-state index is 0.137. The molecular formula is C14H13F3N2O2S. The fourth-order valence-electron chi connectivity index (χ4n) is 1.79. The minimum atomic E-state index is -4.74. The van der Waals surface area contributed by atoms with E-state index in [1.807, 2.05) is 0 Å². The van der Waals surface area contributed by atoms with E-state index in [2.05, 4.69) is 9.71 Å². The second-order valence-corrected chi connectivity index (χ2v) is 6.36. The van der Waals surface area contributed by atoms with E-state index in [0.29, 0.717) is 5.56 Å². The molecule has 22 heavy (non-hydrogen) atoms. The Morgan fingerprint density at radius 2 is 1.82 bits per heavy atom. The summed E-state index contributed by atoms with van der Waals surface area (Å²) in [5, 5.41) is 0. The quantitative estimate of drug-likeness (QED) is 0.938. The van der Waals surface area contributed by atoms with Gasteiger partial charge in [-0.2, -0.15) is 13.2 Å². The normalized spacial score (nSPS) is 12.4. The van der Waals surface area contributed by atoms with Crippen molar-refractivity contribution in [2.45, 2.75) is 24.5 Å². The zero-order valence-electron chi connectivity index (χ0n) is 11.6. The summed E-state index contributed by atoms with van der Waals surface area (Å²) in [5.41, 5.74) is 0.122. The summed E-state index contributed by atoms with van der Waals surface area (Å²) in [4.78, 5) is 3.21. The summed E-state index contributed by atoms with van der Waals surface area (Å²) >= 11 is 0. The Bertz CT molecular complexity index is 756. The average Bonchev–Trinajstić information content (AvgIpc) is 2.46. The first-order valence-corrected chi connectivity index (χ1v) is 7.76. The highest BCUT2D eigenvalue weighted by molar-refractivity contribution is 7.89. The molecule has 118 valence electrons. The molecule has 4 nitrogen and oxygen atoms in total. The molecule has 0 saturated heterocycles. The van der Waals surface area contributed by atoms with Crippen LogP contribution in [0.1, 0.15) is 16.8 Å². The number of halogens is 3. The number of aromatic nitrogens is 1. The molecule has 0 aliphatic carbocycles. The summed E-state index contributed by atoms with van der Waals surface area (Å²) in [6, 6.07) is 7.40. The third-order valence-corrected chi connectivity index (χ3v) is 4.38. The van der Waals surface area contributed by atoms with Crippen LogP contribution in [0, 0.1) is 6.92 Å². The van der Waals surface area contributed by atoms with Gasteiger partial charge in [0, 0.05) is 18.4 Å². The van der Waals surface area contributed by atoms with Gasteiger partial charge in [-0.1, -0.05) is 18.2 Å². The first kappa shape index (κ1) is 16.4. The lowest BCUT2D eigenvalue weighted by molar-refractivity contribution is -0.139. The Labute approximate surface area is 126 Å². The number of rotatable bonds is 4. The number of benzene rings is 1. The first-order valence-electron chi connectivity index (χ1n) is 6.27. The third-order valence-electron chi connectivity index (χ3n) is 2.92. The number of sulfonamides is 1. The lowest BCUT2D eigenvalue weighted by Crippen LogP contribution is -2.26. The largest absolute Gasteiger partial charge is 0.417 e. The van der Waals surface area contributed by atoms with Crippen molar-refractivity contribution in [2.24, 2.45) is 0 Å². The zero-order chi connectivity index (χ0) is 16.4. The highest BCUT2D eigenvalue weighted by Gasteiger charge is 2.36. The van der Waals surface area contributed by atoms with Crippen molar-refractivity contribution in [1.29, 1.82) is 0 Å². The monoisotopic (exact) mass is 330 g/mol. The number of aryl methyl sites for hydroxylation is 1. The fraction of sp³-hybridized carbons (Fsp3) is 0.214. The van der Waals surface area contributed by atoms with Crippen molar-refractivity contribution in [2.75, 3.05) is 0 Å². The number of alkyl halides is 3. The molecule has 0 aliphatic rings. The number of hydrogen-bond donors (Lipinski definition) is 1. The van der Waals surface area contributed by atoms with Gasteiger partial charge in [0.15, 0.2) is 0 Å². The Balaban J connectivity index is 2.26. The number of nitrogens with zero attached hydrogens (tertiary/aromatic N) is 1. The standard InChI is InChI=1S/C14H13F3N2O2S/c1-10-6-7-11(8-18-10)9-19-22(20,21)13-5-3-2-4-12(13)14(15,16)17/h2-8,19H,9H2,1H3. The molecule has 0 saturated carbocycles.